The van der Waals surface area contributed by atoms with Crippen molar-refractivity contribution >= 4 is 6.08 Å². The van der Waals surface area contributed by atoms with Crippen molar-refractivity contribution in [3.8, 4) is 5.75 Å². The SMILES string of the molecule is C=Cc1cc(=O)c(O)c(CC)o1. The van der Waals surface area contributed by atoms with E-state index in [2.05, 4.69) is 6.58 Å². The summed E-state index contributed by atoms with van der Waals surface area (Å²) in [4.78, 5) is 11.0. The Morgan fingerprint density at radius 2 is 2.42 bits per heavy atom. The third-order valence-electron chi connectivity index (χ3n) is 1.53. The summed E-state index contributed by atoms with van der Waals surface area (Å²) in [6.07, 6.45) is 1.92. The van der Waals surface area contributed by atoms with Crippen LogP contribution >= 0.6 is 0 Å². The number of aromatic hydroxyl groups is 1. The van der Waals surface area contributed by atoms with Crippen molar-refractivity contribution in [1.82, 2.24) is 0 Å². The van der Waals surface area contributed by atoms with E-state index in [1.807, 2.05) is 0 Å². The fraction of sp³-hybridized carbons (Fsp3) is 0.222. The van der Waals surface area contributed by atoms with Gasteiger partial charge in [-0.1, -0.05) is 13.5 Å². The van der Waals surface area contributed by atoms with Crippen molar-refractivity contribution in [3.05, 3.63) is 34.4 Å². The highest BCUT2D eigenvalue weighted by Gasteiger charge is 2.06. The van der Waals surface area contributed by atoms with Crippen molar-refractivity contribution in [1.29, 1.82) is 0 Å². The third-order valence-corrected chi connectivity index (χ3v) is 1.53. The molecule has 0 atom stereocenters. The van der Waals surface area contributed by atoms with E-state index in [9.17, 15) is 9.90 Å². The lowest BCUT2D eigenvalue weighted by Gasteiger charge is -2.00. The molecule has 0 bridgehead atoms. The Labute approximate surface area is 70.0 Å². The van der Waals surface area contributed by atoms with Gasteiger partial charge in [0.1, 0.15) is 11.5 Å². The van der Waals surface area contributed by atoms with Crippen molar-refractivity contribution in [2.24, 2.45) is 0 Å². The van der Waals surface area contributed by atoms with Crippen molar-refractivity contribution in [2.75, 3.05) is 0 Å². The van der Waals surface area contributed by atoms with Crippen LogP contribution in [0, 0.1) is 0 Å². The zero-order valence-corrected chi connectivity index (χ0v) is 6.83. The maximum atomic E-state index is 11.0. The number of hydrogen-bond donors (Lipinski definition) is 1. The molecule has 0 saturated heterocycles. The van der Waals surface area contributed by atoms with Crippen LogP contribution in [0.4, 0.5) is 0 Å². The van der Waals surface area contributed by atoms with Gasteiger partial charge in [0.15, 0.2) is 0 Å². The maximum absolute atomic E-state index is 11.0. The molecule has 0 radical (unpaired) electrons. The molecule has 0 aliphatic carbocycles. The van der Waals surface area contributed by atoms with Gasteiger partial charge in [0.2, 0.25) is 11.2 Å². The minimum atomic E-state index is -0.423. The molecule has 0 saturated carbocycles. The molecule has 3 heteroatoms. The Morgan fingerprint density at radius 3 is 2.92 bits per heavy atom. The number of aryl methyl sites for hydroxylation is 1. The van der Waals surface area contributed by atoms with Gasteiger partial charge in [0.25, 0.3) is 0 Å². The average Bonchev–Trinajstić information content (AvgIpc) is 2.09. The first kappa shape index (κ1) is 8.59. The zero-order valence-electron chi connectivity index (χ0n) is 6.83. The summed E-state index contributed by atoms with van der Waals surface area (Å²) < 4.78 is 5.12. The standard InChI is InChI=1S/C9H10O3/c1-3-6-5-7(10)9(11)8(4-2)12-6/h3,5,11H,1,4H2,2H3. The van der Waals surface area contributed by atoms with Gasteiger partial charge in [-0.3, -0.25) is 4.79 Å². The monoisotopic (exact) mass is 166 g/mol. The van der Waals surface area contributed by atoms with Crippen molar-refractivity contribution < 1.29 is 9.52 Å². The first-order chi connectivity index (χ1) is 5.69. The van der Waals surface area contributed by atoms with E-state index in [4.69, 9.17) is 4.42 Å². The van der Waals surface area contributed by atoms with Crippen LogP contribution < -0.4 is 5.43 Å². The van der Waals surface area contributed by atoms with Crippen LogP contribution in [0.2, 0.25) is 0 Å². The van der Waals surface area contributed by atoms with E-state index in [0.717, 1.165) is 0 Å². The van der Waals surface area contributed by atoms with E-state index >= 15 is 0 Å². The summed E-state index contributed by atoms with van der Waals surface area (Å²) >= 11 is 0. The van der Waals surface area contributed by atoms with E-state index < -0.39 is 5.43 Å². The van der Waals surface area contributed by atoms with Crippen LogP contribution in [0.15, 0.2) is 21.9 Å². The Hall–Kier alpha value is -1.51. The van der Waals surface area contributed by atoms with Crippen molar-refractivity contribution in [2.45, 2.75) is 13.3 Å². The fourth-order valence-corrected chi connectivity index (χ4v) is 0.895. The van der Waals surface area contributed by atoms with Crippen LogP contribution in [0.1, 0.15) is 18.4 Å². The topological polar surface area (TPSA) is 50.4 Å². The van der Waals surface area contributed by atoms with Gasteiger partial charge >= 0.3 is 0 Å². The molecule has 0 aliphatic heterocycles. The molecule has 1 heterocycles. The second-order valence-electron chi connectivity index (χ2n) is 2.34. The molecular weight excluding hydrogens is 156 g/mol. The predicted octanol–water partition coefficient (Wildman–Crippen LogP) is 1.55. The second kappa shape index (κ2) is 3.26. The summed E-state index contributed by atoms with van der Waals surface area (Å²) in [5.74, 6) is 0.384. The number of rotatable bonds is 2. The Balaban J connectivity index is 3.38. The smallest absolute Gasteiger partial charge is 0.227 e. The fourth-order valence-electron chi connectivity index (χ4n) is 0.895. The highest BCUT2D eigenvalue weighted by Crippen LogP contribution is 2.14. The lowest BCUT2D eigenvalue weighted by atomic mass is 10.2. The molecule has 64 valence electrons. The molecule has 1 aromatic rings. The molecule has 1 rings (SSSR count). The van der Waals surface area contributed by atoms with Gasteiger partial charge in [-0.15, -0.1) is 0 Å². The Morgan fingerprint density at radius 1 is 1.75 bits per heavy atom. The molecule has 0 amide bonds. The third kappa shape index (κ3) is 1.39. The van der Waals surface area contributed by atoms with Crippen LogP contribution in [0.25, 0.3) is 6.08 Å². The van der Waals surface area contributed by atoms with Gasteiger partial charge in [0, 0.05) is 12.5 Å². The predicted molar refractivity (Wildman–Crippen MR) is 46.1 cm³/mol. The highest BCUT2D eigenvalue weighted by atomic mass is 16.4. The first-order valence-corrected chi connectivity index (χ1v) is 3.67. The van der Waals surface area contributed by atoms with E-state index in [-0.39, 0.29) is 5.75 Å². The van der Waals surface area contributed by atoms with Gasteiger partial charge in [-0.2, -0.15) is 0 Å². The van der Waals surface area contributed by atoms with E-state index in [1.165, 1.54) is 12.1 Å². The minimum absolute atomic E-state index is 0.303. The molecule has 0 fully saturated rings. The minimum Gasteiger partial charge on any atom is -0.502 e. The van der Waals surface area contributed by atoms with E-state index in [1.54, 1.807) is 6.92 Å². The molecule has 3 nitrogen and oxygen atoms in total. The average molecular weight is 166 g/mol. The largest absolute Gasteiger partial charge is 0.502 e. The van der Waals surface area contributed by atoms with Gasteiger partial charge in [-0.25, -0.2) is 0 Å². The highest BCUT2D eigenvalue weighted by molar-refractivity contribution is 5.41. The molecular formula is C9H10O3. The molecule has 12 heavy (non-hydrogen) atoms. The summed E-state index contributed by atoms with van der Waals surface area (Å²) in [6, 6.07) is 1.21. The second-order valence-corrected chi connectivity index (χ2v) is 2.34. The maximum Gasteiger partial charge on any atom is 0.227 e. The zero-order chi connectivity index (χ0) is 9.14. The van der Waals surface area contributed by atoms with Crippen LogP contribution in [-0.2, 0) is 6.42 Å². The molecule has 0 aromatic carbocycles. The summed E-state index contributed by atoms with van der Waals surface area (Å²) in [7, 11) is 0. The molecule has 1 N–H and O–H groups in total. The number of hydrogen-bond acceptors (Lipinski definition) is 3. The van der Waals surface area contributed by atoms with Crippen LogP contribution in [-0.4, -0.2) is 5.11 Å². The summed E-state index contributed by atoms with van der Waals surface area (Å²) in [6.45, 7) is 5.26. The molecule has 0 aliphatic rings. The Kier molecular flexibility index (Phi) is 2.33. The molecule has 0 spiro atoms. The van der Waals surface area contributed by atoms with Gasteiger partial charge in [-0.05, 0) is 6.08 Å². The summed E-state index contributed by atoms with van der Waals surface area (Å²) in [5.41, 5.74) is -0.423. The van der Waals surface area contributed by atoms with Gasteiger partial charge in [0.05, 0.1) is 0 Å². The van der Waals surface area contributed by atoms with E-state index in [0.29, 0.717) is 17.9 Å². The van der Waals surface area contributed by atoms with Crippen molar-refractivity contribution in [3.63, 3.8) is 0 Å². The lowest BCUT2D eigenvalue weighted by molar-refractivity contribution is 0.399. The quantitative estimate of drug-likeness (QED) is 0.725. The van der Waals surface area contributed by atoms with Gasteiger partial charge < -0.3 is 9.52 Å². The first-order valence-electron chi connectivity index (χ1n) is 3.67. The molecule has 1 aromatic heterocycles. The van der Waals surface area contributed by atoms with Crippen LogP contribution in [0.5, 0.6) is 5.75 Å². The normalized spacial score (nSPS) is 9.75. The van der Waals surface area contributed by atoms with Crippen LogP contribution in [0.3, 0.4) is 0 Å². The molecule has 0 unspecified atom stereocenters. The summed E-state index contributed by atoms with van der Waals surface area (Å²) in [5, 5.41) is 9.18. The lowest BCUT2D eigenvalue weighted by Crippen LogP contribution is -2.02. The Bertz CT molecular complexity index is 349.